The molecule has 0 unspecified atom stereocenters. The van der Waals surface area contributed by atoms with Crippen molar-refractivity contribution in [3.8, 4) is 0 Å². The summed E-state index contributed by atoms with van der Waals surface area (Å²) in [7, 11) is 0. The van der Waals surface area contributed by atoms with Gasteiger partial charge < -0.3 is 14.1 Å². The second kappa shape index (κ2) is 4.52. The molecule has 5 heteroatoms. The van der Waals surface area contributed by atoms with Gasteiger partial charge in [-0.3, -0.25) is 9.59 Å². The third kappa shape index (κ3) is 1.87. The van der Waals surface area contributed by atoms with Crippen LogP contribution in [0.1, 0.15) is 12.0 Å². The first-order chi connectivity index (χ1) is 9.58. The van der Waals surface area contributed by atoms with Crippen molar-refractivity contribution in [1.82, 2.24) is 8.97 Å². The van der Waals surface area contributed by atoms with E-state index < -0.39 is 5.97 Å². The Kier molecular flexibility index (Phi) is 2.82. The molecule has 20 heavy (non-hydrogen) atoms. The molecule has 0 aliphatic heterocycles. The highest BCUT2D eigenvalue weighted by atomic mass is 16.4. The molecule has 0 saturated heterocycles. The number of carboxylic acids is 1. The molecule has 0 fully saturated rings. The molecule has 0 aliphatic carbocycles. The number of fused-ring (bicyclic) bond motifs is 3. The maximum atomic E-state index is 12.5. The Bertz CT molecular complexity index is 874. The van der Waals surface area contributed by atoms with Crippen LogP contribution in [-0.4, -0.2) is 20.0 Å². The van der Waals surface area contributed by atoms with E-state index in [1.165, 1.54) is 0 Å². The lowest BCUT2D eigenvalue weighted by Gasteiger charge is -2.12. The number of rotatable bonds is 3. The number of carboxylic acid groups (broad SMARTS) is 1. The zero-order valence-corrected chi connectivity index (χ0v) is 11.0. The second-order valence-electron chi connectivity index (χ2n) is 4.86. The van der Waals surface area contributed by atoms with Crippen LogP contribution in [0.15, 0.2) is 41.3 Å². The van der Waals surface area contributed by atoms with E-state index in [-0.39, 0.29) is 18.5 Å². The SMILES string of the molecule is Cc1ccc2c(c1)n(CCC(=O)O)c(=O)c1cccn12. The van der Waals surface area contributed by atoms with Gasteiger partial charge in [0, 0.05) is 12.7 Å². The Morgan fingerprint density at radius 3 is 2.75 bits per heavy atom. The molecule has 3 rings (SSSR count). The number of aromatic nitrogens is 2. The van der Waals surface area contributed by atoms with E-state index in [2.05, 4.69) is 0 Å². The van der Waals surface area contributed by atoms with Crippen molar-refractivity contribution < 1.29 is 9.90 Å². The van der Waals surface area contributed by atoms with Gasteiger partial charge in [0.25, 0.3) is 5.56 Å². The molecule has 0 radical (unpaired) electrons. The molecule has 3 aromatic rings. The predicted octanol–water partition coefficient (Wildman–Crippen LogP) is 2.04. The highest BCUT2D eigenvalue weighted by Gasteiger charge is 2.11. The minimum absolute atomic E-state index is 0.0696. The molecule has 0 amide bonds. The Balaban J connectivity index is 2.38. The molecule has 0 bridgehead atoms. The number of nitrogens with zero attached hydrogens (tertiary/aromatic N) is 2. The van der Waals surface area contributed by atoms with Crippen LogP contribution >= 0.6 is 0 Å². The largest absolute Gasteiger partial charge is 0.481 e. The number of hydrogen-bond acceptors (Lipinski definition) is 2. The average molecular weight is 270 g/mol. The van der Waals surface area contributed by atoms with E-state index >= 15 is 0 Å². The van der Waals surface area contributed by atoms with Gasteiger partial charge >= 0.3 is 5.97 Å². The fourth-order valence-corrected chi connectivity index (χ4v) is 2.50. The first-order valence-electron chi connectivity index (χ1n) is 6.40. The van der Waals surface area contributed by atoms with E-state index in [9.17, 15) is 9.59 Å². The van der Waals surface area contributed by atoms with Gasteiger partial charge in [-0.2, -0.15) is 0 Å². The van der Waals surface area contributed by atoms with Crippen LogP contribution in [0, 0.1) is 6.92 Å². The van der Waals surface area contributed by atoms with E-state index in [4.69, 9.17) is 5.11 Å². The number of aliphatic carboxylic acids is 1. The minimum Gasteiger partial charge on any atom is -0.481 e. The van der Waals surface area contributed by atoms with E-state index in [1.807, 2.05) is 41.8 Å². The van der Waals surface area contributed by atoms with Gasteiger partial charge in [0.1, 0.15) is 5.52 Å². The van der Waals surface area contributed by atoms with Gasteiger partial charge in [-0.15, -0.1) is 0 Å². The number of hydrogen-bond donors (Lipinski definition) is 1. The van der Waals surface area contributed by atoms with Crippen LogP contribution in [0.3, 0.4) is 0 Å². The first-order valence-corrected chi connectivity index (χ1v) is 6.40. The van der Waals surface area contributed by atoms with Crippen molar-refractivity contribution >= 4 is 22.5 Å². The smallest absolute Gasteiger partial charge is 0.305 e. The summed E-state index contributed by atoms with van der Waals surface area (Å²) < 4.78 is 3.39. The van der Waals surface area contributed by atoms with Crippen LogP contribution in [0.25, 0.3) is 16.6 Å². The standard InChI is InChI=1S/C15H14N2O3/c1-10-4-5-11-13(9-10)17(8-6-14(18)19)15(20)12-3-2-7-16(11)12/h2-5,7,9H,6,8H2,1H3,(H,18,19). The fourth-order valence-electron chi connectivity index (χ4n) is 2.50. The average Bonchev–Trinajstić information content (AvgIpc) is 2.87. The summed E-state index contributed by atoms with van der Waals surface area (Å²) in [6.07, 6.45) is 1.77. The molecule has 0 saturated carbocycles. The van der Waals surface area contributed by atoms with Gasteiger partial charge in [-0.05, 0) is 36.8 Å². The summed E-state index contributed by atoms with van der Waals surface area (Å²) in [5, 5.41) is 8.85. The summed E-state index contributed by atoms with van der Waals surface area (Å²) in [4.78, 5) is 23.3. The third-order valence-corrected chi connectivity index (χ3v) is 3.44. The van der Waals surface area contributed by atoms with Crippen LogP contribution in [0.5, 0.6) is 0 Å². The molecule has 0 atom stereocenters. The zero-order valence-electron chi connectivity index (χ0n) is 11.0. The van der Waals surface area contributed by atoms with Crippen molar-refractivity contribution in [2.75, 3.05) is 0 Å². The molecule has 0 aliphatic rings. The van der Waals surface area contributed by atoms with Gasteiger partial charge in [0.15, 0.2) is 0 Å². The molecule has 0 spiro atoms. The van der Waals surface area contributed by atoms with Gasteiger partial charge in [0.05, 0.1) is 17.5 Å². The summed E-state index contributed by atoms with van der Waals surface area (Å²) >= 11 is 0. The van der Waals surface area contributed by atoms with Crippen LogP contribution in [0.4, 0.5) is 0 Å². The van der Waals surface area contributed by atoms with Gasteiger partial charge in [-0.1, -0.05) is 6.07 Å². The van der Waals surface area contributed by atoms with Crippen molar-refractivity contribution in [1.29, 1.82) is 0 Å². The summed E-state index contributed by atoms with van der Waals surface area (Å²) in [5.41, 5.74) is 3.11. The third-order valence-electron chi connectivity index (χ3n) is 3.44. The van der Waals surface area contributed by atoms with Gasteiger partial charge in [-0.25, -0.2) is 0 Å². The van der Waals surface area contributed by atoms with Crippen molar-refractivity contribution in [3.05, 3.63) is 52.4 Å². The molecule has 1 N–H and O–H groups in total. The lowest BCUT2D eigenvalue weighted by atomic mass is 10.2. The number of carbonyl (C=O) groups is 1. The normalized spacial score (nSPS) is 11.2. The zero-order chi connectivity index (χ0) is 14.3. The Morgan fingerprint density at radius 1 is 1.20 bits per heavy atom. The first kappa shape index (κ1) is 12.5. The van der Waals surface area contributed by atoms with Crippen molar-refractivity contribution in [2.45, 2.75) is 19.9 Å². The Labute approximate surface area is 114 Å². The molecule has 5 nitrogen and oxygen atoms in total. The highest BCUT2D eigenvalue weighted by Crippen LogP contribution is 2.17. The Morgan fingerprint density at radius 2 is 2.00 bits per heavy atom. The van der Waals surface area contributed by atoms with Crippen molar-refractivity contribution in [2.24, 2.45) is 0 Å². The minimum atomic E-state index is -0.909. The summed E-state index contributed by atoms with van der Waals surface area (Å²) in [6, 6.07) is 9.41. The predicted molar refractivity (Wildman–Crippen MR) is 76.2 cm³/mol. The second-order valence-corrected chi connectivity index (χ2v) is 4.86. The maximum absolute atomic E-state index is 12.5. The summed E-state index contributed by atoms with van der Waals surface area (Å²) in [5.74, 6) is -0.909. The summed E-state index contributed by atoms with van der Waals surface area (Å²) in [6.45, 7) is 2.13. The van der Waals surface area contributed by atoms with Crippen molar-refractivity contribution in [3.63, 3.8) is 0 Å². The van der Waals surface area contributed by atoms with Crippen LogP contribution < -0.4 is 5.56 Å². The highest BCUT2D eigenvalue weighted by molar-refractivity contribution is 5.80. The molecule has 2 aromatic heterocycles. The monoisotopic (exact) mass is 270 g/mol. The molecule has 2 heterocycles. The van der Waals surface area contributed by atoms with Crippen LogP contribution in [-0.2, 0) is 11.3 Å². The number of aryl methyl sites for hydroxylation is 2. The fraction of sp³-hybridized carbons (Fsp3) is 0.200. The lowest BCUT2D eigenvalue weighted by Crippen LogP contribution is -2.24. The maximum Gasteiger partial charge on any atom is 0.305 e. The van der Waals surface area contributed by atoms with E-state index in [1.54, 1.807) is 10.6 Å². The molecule has 1 aromatic carbocycles. The Hall–Kier alpha value is -2.56. The number of benzene rings is 1. The quantitative estimate of drug-likeness (QED) is 0.792. The topological polar surface area (TPSA) is 63.7 Å². The van der Waals surface area contributed by atoms with Crippen LogP contribution in [0.2, 0.25) is 0 Å². The molecular formula is C15H14N2O3. The van der Waals surface area contributed by atoms with E-state index in [0.717, 1.165) is 16.6 Å². The van der Waals surface area contributed by atoms with Gasteiger partial charge in [0.2, 0.25) is 0 Å². The van der Waals surface area contributed by atoms with E-state index in [0.29, 0.717) is 5.52 Å². The molecule has 102 valence electrons. The lowest BCUT2D eigenvalue weighted by molar-refractivity contribution is -0.137. The molecular weight excluding hydrogens is 256 g/mol.